The molecule has 0 saturated heterocycles. The molecule has 172 valence electrons. The van der Waals surface area contributed by atoms with Crippen LogP contribution in [0.25, 0.3) is 0 Å². The van der Waals surface area contributed by atoms with E-state index in [0.717, 1.165) is 37.8 Å². The van der Waals surface area contributed by atoms with E-state index in [2.05, 4.69) is 0 Å². The molecule has 1 amide bonds. The average molecular weight is 459 g/mol. The fraction of sp³-hybridized carbons (Fsp3) is 0.480. The molecule has 7 heteroatoms. The smallest absolute Gasteiger partial charge is 0.354 e. The molecule has 1 aliphatic carbocycles. The van der Waals surface area contributed by atoms with Crippen molar-refractivity contribution in [2.75, 3.05) is 13.7 Å². The number of ether oxygens (including phenoxy) is 1. The van der Waals surface area contributed by atoms with Crippen molar-refractivity contribution in [1.29, 1.82) is 0 Å². The number of nitrogens with zero attached hydrogens (tertiary/aromatic N) is 2. The normalized spacial score (nSPS) is 14.3. The van der Waals surface area contributed by atoms with Crippen molar-refractivity contribution in [1.82, 2.24) is 9.47 Å². The number of benzene rings is 1. The zero-order chi connectivity index (χ0) is 23.4. The number of Topliss-reactive ketones (excluding diaryl/α,β-unsaturated/α-hetero) is 1. The number of ketones is 1. The summed E-state index contributed by atoms with van der Waals surface area (Å²) >= 11 is 5.99. The van der Waals surface area contributed by atoms with Crippen LogP contribution in [0.3, 0.4) is 0 Å². The molecule has 1 heterocycles. The minimum atomic E-state index is -0.465. The lowest BCUT2D eigenvalue weighted by molar-refractivity contribution is 0.0584. The van der Waals surface area contributed by atoms with Crippen molar-refractivity contribution in [2.45, 2.75) is 65.5 Å². The summed E-state index contributed by atoms with van der Waals surface area (Å²) in [6, 6.07) is 6.79. The van der Waals surface area contributed by atoms with Gasteiger partial charge in [0.25, 0.3) is 5.91 Å². The predicted octanol–water partition coefficient (Wildman–Crippen LogP) is 5.22. The second kappa shape index (κ2) is 10.3. The van der Waals surface area contributed by atoms with Gasteiger partial charge in [0.1, 0.15) is 5.69 Å². The minimum absolute atomic E-state index is 0.0184. The highest BCUT2D eigenvalue weighted by molar-refractivity contribution is 6.30. The molecule has 1 aromatic carbocycles. The summed E-state index contributed by atoms with van der Waals surface area (Å²) in [4.78, 5) is 41.0. The topological polar surface area (TPSA) is 68.6 Å². The minimum Gasteiger partial charge on any atom is -0.464 e. The molecule has 3 rings (SSSR count). The second-order valence-corrected chi connectivity index (χ2v) is 8.76. The van der Waals surface area contributed by atoms with E-state index < -0.39 is 5.97 Å². The number of esters is 1. The van der Waals surface area contributed by atoms with Crippen LogP contribution in [-0.2, 0) is 11.3 Å². The Labute approximate surface area is 194 Å². The Morgan fingerprint density at radius 3 is 2.28 bits per heavy atom. The van der Waals surface area contributed by atoms with E-state index in [0.29, 0.717) is 34.0 Å². The molecular weight excluding hydrogens is 428 g/mol. The Balaban J connectivity index is 1.97. The quantitative estimate of drug-likeness (QED) is 0.421. The van der Waals surface area contributed by atoms with Crippen LogP contribution < -0.4 is 0 Å². The number of amides is 1. The Morgan fingerprint density at radius 1 is 1.09 bits per heavy atom. The van der Waals surface area contributed by atoms with E-state index in [-0.39, 0.29) is 24.3 Å². The molecule has 0 N–H and O–H groups in total. The van der Waals surface area contributed by atoms with E-state index >= 15 is 0 Å². The molecule has 0 unspecified atom stereocenters. The molecular formula is C25H31ClN2O4. The molecule has 0 bridgehead atoms. The fourth-order valence-corrected chi connectivity index (χ4v) is 4.94. The van der Waals surface area contributed by atoms with Gasteiger partial charge in [-0.05, 0) is 63.4 Å². The Kier molecular flexibility index (Phi) is 7.77. The van der Waals surface area contributed by atoms with Gasteiger partial charge in [-0.25, -0.2) is 4.79 Å². The van der Waals surface area contributed by atoms with E-state index in [4.69, 9.17) is 16.3 Å². The average Bonchev–Trinajstić information content (AvgIpc) is 3.06. The zero-order valence-electron chi connectivity index (χ0n) is 19.2. The molecule has 1 saturated carbocycles. The van der Waals surface area contributed by atoms with Crippen LogP contribution in [0.4, 0.5) is 0 Å². The van der Waals surface area contributed by atoms with Crippen molar-refractivity contribution in [2.24, 2.45) is 0 Å². The van der Waals surface area contributed by atoms with E-state index in [1.807, 2.05) is 13.8 Å². The summed E-state index contributed by atoms with van der Waals surface area (Å²) in [5.41, 5.74) is 2.73. The SMILES string of the molecule is CCn1c(C)c(C(=O)CN(C(=O)c2ccc(Cl)cc2)C2CCCCC2)c(C)c1C(=O)OC. The second-order valence-electron chi connectivity index (χ2n) is 8.32. The van der Waals surface area contributed by atoms with E-state index in [9.17, 15) is 14.4 Å². The molecule has 0 aliphatic heterocycles. The molecule has 1 fully saturated rings. The van der Waals surface area contributed by atoms with Gasteiger partial charge in [0.2, 0.25) is 0 Å². The number of aromatic nitrogens is 1. The molecule has 0 spiro atoms. The molecule has 1 aromatic heterocycles. The highest BCUT2D eigenvalue weighted by Gasteiger charge is 2.32. The Morgan fingerprint density at radius 2 is 1.72 bits per heavy atom. The number of carbonyl (C=O) groups is 3. The summed E-state index contributed by atoms with van der Waals surface area (Å²) in [5, 5.41) is 0.560. The molecule has 6 nitrogen and oxygen atoms in total. The maximum atomic E-state index is 13.5. The molecule has 0 radical (unpaired) electrons. The number of methoxy groups -OCH3 is 1. The summed E-state index contributed by atoms with van der Waals surface area (Å²) in [5.74, 6) is -0.793. The Hall–Kier alpha value is -2.60. The van der Waals surface area contributed by atoms with Crippen LogP contribution in [-0.4, -0.2) is 46.8 Å². The third kappa shape index (κ3) is 4.75. The summed E-state index contributed by atoms with van der Waals surface area (Å²) in [6.45, 7) is 6.04. The highest BCUT2D eigenvalue weighted by atomic mass is 35.5. The van der Waals surface area contributed by atoms with Crippen molar-refractivity contribution >= 4 is 29.3 Å². The highest BCUT2D eigenvalue weighted by Crippen LogP contribution is 2.28. The van der Waals surface area contributed by atoms with Gasteiger partial charge in [0.05, 0.1) is 13.7 Å². The van der Waals surface area contributed by atoms with Crippen LogP contribution in [0.1, 0.15) is 81.5 Å². The van der Waals surface area contributed by atoms with Crippen molar-refractivity contribution < 1.29 is 19.1 Å². The van der Waals surface area contributed by atoms with Gasteiger partial charge in [-0.1, -0.05) is 30.9 Å². The summed E-state index contributed by atoms with van der Waals surface area (Å²) in [6.07, 6.45) is 5.00. The lowest BCUT2D eigenvalue weighted by Crippen LogP contribution is -2.44. The first-order valence-corrected chi connectivity index (χ1v) is 11.6. The fourth-order valence-electron chi connectivity index (χ4n) is 4.81. The van der Waals surface area contributed by atoms with Crippen molar-refractivity contribution in [3.63, 3.8) is 0 Å². The Bertz CT molecular complexity index is 1000. The summed E-state index contributed by atoms with van der Waals surface area (Å²) in [7, 11) is 1.33. The molecule has 2 aromatic rings. The molecule has 0 atom stereocenters. The van der Waals surface area contributed by atoms with Gasteiger partial charge in [-0.15, -0.1) is 0 Å². The number of carbonyl (C=O) groups excluding carboxylic acids is 3. The van der Waals surface area contributed by atoms with Crippen molar-refractivity contribution in [3.05, 3.63) is 57.4 Å². The van der Waals surface area contributed by atoms with E-state index in [1.165, 1.54) is 7.11 Å². The number of hydrogen-bond acceptors (Lipinski definition) is 4. The zero-order valence-corrected chi connectivity index (χ0v) is 20.0. The first-order chi connectivity index (χ1) is 15.3. The number of rotatable bonds is 7. The molecule has 32 heavy (non-hydrogen) atoms. The van der Waals surface area contributed by atoms with Crippen LogP contribution in [0.5, 0.6) is 0 Å². The van der Waals surface area contributed by atoms with Gasteiger partial charge in [-0.3, -0.25) is 9.59 Å². The van der Waals surface area contributed by atoms with E-state index in [1.54, 1.807) is 40.7 Å². The van der Waals surface area contributed by atoms with Crippen LogP contribution in [0, 0.1) is 13.8 Å². The number of halogens is 1. The van der Waals surface area contributed by atoms with Gasteiger partial charge in [0.15, 0.2) is 5.78 Å². The first-order valence-electron chi connectivity index (χ1n) is 11.2. The standard InChI is InChI=1S/C25H31ClN2O4/c1-5-27-17(3)22(16(2)23(27)25(31)32-4)21(29)15-28(20-9-7-6-8-10-20)24(30)18-11-13-19(26)14-12-18/h11-14,20H,5-10,15H2,1-4H3. The predicted molar refractivity (Wildman–Crippen MR) is 125 cm³/mol. The number of hydrogen-bond donors (Lipinski definition) is 0. The largest absolute Gasteiger partial charge is 0.464 e. The lowest BCUT2D eigenvalue weighted by Gasteiger charge is -2.34. The van der Waals surface area contributed by atoms with Gasteiger partial charge < -0.3 is 14.2 Å². The first kappa shape index (κ1) is 24.1. The maximum absolute atomic E-state index is 13.5. The van der Waals surface area contributed by atoms with Crippen molar-refractivity contribution in [3.8, 4) is 0 Å². The maximum Gasteiger partial charge on any atom is 0.354 e. The lowest BCUT2D eigenvalue weighted by atomic mass is 9.93. The molecule has 1 aliphatic rings. The van der Waals surface area contributed by atoms with Gasteiger partial charge in [-0.2, -0.15) is 0 Å². The van der Waals surface area contributed by atoms with Crippen LogP contribution in [0.15, 0.2) is 24.3 Å². The third-order valence-corrected chi connectivity index (χ3v) is 6.67. The van der Waals surface area contributed by atoms with Crippen LogP contribution in [0.2, 0.25) is 5.02 Å². The van der Waals surface area contributed by atoms with Gasteiger partial charge in [0, 0.05) is 34.4 Å². The summed E-state index contributed by atoms with van der Waals surface area (Å²) < 4.78 is 6.75. The van der Waals surface area contributed by atoms with Gasteiger partial charge >= 0.3 is 5.97 Å². The monoisotopic (exact) mass is 458 g/mol. The third-order valence-electron chi connectivity index (χ3n) is 6.42. The van der Waals surface area contributed by atoms with Crippen LogP contribution >= 0.6 is 11.6 Å².